The zero-order chi connectivity index (χ0) is 19.3. The molecule has 0 aliphatic carbocycles. The van der Waals surface area contributed by atoms with E-state index >= 15 is 0 Å². The smallest absolute Gasteiger partial charge is 0.243 e. The summed E-state index contributed by atoms with van der Waals surface area (Å²) in [6.07, 6.45) is 5.01. The number of aliphatic imine (C=N–C) groups is 1. The summed E-state index contributed by atoms with van der Waals surface area (Å²) in [5, 5.41) is 6.78. The number of carbonyl (C=O) groups is 1. The standard InChI is InChI=1S/C19H38N6O2/c1-23(2)18(26)17-22-19(21-8-12-24-9-4-3-5-10-24)20-7-6-11-25-13-15-27-16-14-25/h3-17H2,1-2H3,(H2,20,21,22). The van der Waals surface area contributed by atoms with Crippen LogP contribution >= 0.6 is 0 Å². The first kappa shape index (κ1) is 21.9. The number of piperidine rings is 1. The van der Waals surface area contributed by atoms with Gasteiger partial charge in [0.2, 0.25) is 5.91 Å². The van der Waals surface area contributed by atoms with Gasteiger partial charge in [-0.2, -0.15) is 0 Å². The second kappa shape index (κ2) is 12.9. The lowest BCUT2D eigenvalue weighted by molar-refractivity contribution is -0.127. The molecule has 1 amide bonds. The van der Waals surface area contributed by atoms with E-state index in [4.69, 9.17) is 4.74 Å². The van der Waals surface area contributed by atoms with Gasteiger partial charge in [0.15, 0.2) is 5.96 Å². The minimum atomic E-state index is 0.0143. The lowest BCUT2D eigenvalue weighted by atomic mass is 10.1. The van der Waals surface area contributed by atoms with Crippen LogP contribution in [0.5, 0.6) is 0 Å². The predicted octanol–water partition coefficient (Wildman–Crippen LogP) is -0.182. The van der Waals surface area contributed by atoms with Crippen LogP contribution in [0.15, 0.2) is 4.99 Å². The minimum absolute atomic E-state index is 0.0143. The first-order valence-corrected chi connectivity index (χ1v) is 10.4. The van der Waals surface area contributed by atoms with Gasteiger partial charge >= 0.3 is 0 Å². The van der Waals surface area contributed by atoms with Crippen LogP contribution in [0.3, 0.4) is 0 Å². The number of likely N-dealkylation sites (N-methyl/N-ethyl adjacent to an activating group) is 1. The highest BCUT2D eigenvalue weighted by molar-refractivity contribution is 5.84. The van der Waals surface area contributed by atoms with Gasteiger partial charge in [-0.15, -0.1) is 0 Å². The third-order valence-corrected chi connectivity index (χ3v) is 5.09. The molecule has 0 radical (unpaired) electrons. The number of ether oxygens (including phenoxy) is 1. The lowest BCUT2D eigenvalue weighted by Gasteiger charge is -2.27. The third kappa shape index (κ3) is 9.39. The fourth-order valence-electron chi connectivity index (χ4n) is 3.31. The topological polar surface area (TPSA) is 72.4 Å². The van der Waals surface area contributed by atoms with E-state index in [0.29, 0.717) is 0 Å². The van der Waals surface area contributed by atoms with Crippen LogP contribution < -0.4 is 10.6 Å². The van der Waals surface area contributed by atoms with Crippen molar-refractivity contribution in [2.45, 2.75) is 25.7 Å². The molecule has 0 aromatic heterocycles. The molecule has 0 spiro atoms. The van der Waals surface area contributed by atoms with Gasteiger partial charge in [0.25, 0.3) is 0 Å². The van der Waals surface area contributed by atoms with Gasteiger partial charge in [0, 0.05) is 46.8 Å². The van der Waals surface area contributed by atoms with Crippen molar-refractivity contribution < 1.29 is 9.53 Å². The highest BCUT2D eigenvalue weighted by Gasteiger charge is 2.11. The Morgan fingerprint density at radius 2 is 1.63 bits per heavy atom. The van der Waals surface area contributed by atoms with Crippen LogP contribution in [-0.2, 0) is 9.53 Å². The molecule has 2 N–H and O–H groups in total. The van der Waals surface area contributed by atoms with Crippen LogP contribution in [-0.4, -0.2) is 113 Å². The summed E-state index contributed by atoms with van der Waals surface area (Å²) in [6.45, 7) is 10.1. The minimum Gasteiger partial charge on any atom is -0.379 e. The summed E-state index contributed by atoms with van der Waals surface area (Å²) in [4.78, 5) is 22.8. The molecular weight excluding hydrogens is 344 g/mol. The van der Waals surface area contributed by atoms with Gasteiger partial charge in [0.05, 0.1) is 13.2 Å². The van der Waals surface area contributed by atoms with E-state index in [1.54, 1.807) is 19.0 Å². The fraction of sp³-hybridized carbons (Fsp3) is 0.895. The van der Waals surface area contributed by atoms with Gasteiger partial charge in [-0.3, -0.25) is 9.69 Å². The average molecular weight is 383 g/mol. The molecule has 8 nitrogen and oxygen atoms in total. The Balaban J connectivity index is 1.70. The Morgan fingerprint density at radius 1 is 0.963 bits per heavy atom. The van der Waals surface area contributed by atoms with Crippen molar-refractivity contribution in [2.24, 2.45) is 4.99 Å². The molecule has 0 unspecified atom stereocenters. The fourth-order valence-corrected chi connectivity index (χ4v) is 3.31. The maximum atomic E-state index is 11.8. The number of morpholine rings is 1. The van der Waals surface area contributed by atoms with Crippen LogP contribution in [0.2, 0.25) is 0 Å². The molecule has 2 fully saturated rings. The molecular formula is C19H38N6O2. The van der Waals surface area contributed by atoms with Crippen LogP contribution in [0.25, 0.3) is 0 Å². The van der Waals surface area contributed by atoms with E-state index < -0.39 is 0 Å². The number of guanidine groups is 1. The summed E-state index contributed by atoms with van der Waals surface area (Å²) in [7, 11) is 3.52. The number of hydrogen-bond acceptors (Lipinski definition) is 5. The predicted molar refractivity (Wildman–Crippen MR) is 109 cm³/mol. The molecule has 0 aromatic carbocycles. The molecule has 8 heteroatoms. The van der Waals surface area contributed by atoms with Gasteiger partial charge < -0.3 is 25.2 Å². The Labute approximate surface area is 164 Å². The maximum absolute atomic E-state index is 11.8. The SMILES string of the molecule is CN(C)C(=O)CN=C(NCCCN1CCOCC1)NCCN1CCCCC1. The summed E-state index contributed by atoms with van der Waals surface area (Å²) < 4.78 is 5.39. The Hall–Kier alpha value is -1.38. The molecule has 2 aliphatic heterocycles. The monoisotopic (exact) mass is 382 g/mol. The summed E-state index contributed by atoms with van der Waals surface area (Å²) >= 11 is 0. The number of nitrogens with zero attached hydrogens (tertiary/aromatic N) is 4. The van der Waals surface area contributed by atoms with Gasteiger partial charge in [-0.25, -0.2) is 4.99 Å². The van der Waals surface area contributed by atoms with E-state index in [0.717, 1.165) is 64.9 Å². The summed E-state index contributed by atoms with van der Waals surface area (Å²) in [5.41, 5.74) is 0. The van der Waals surface area contributed by atoms with Crippen LogP contribution in [0.4, 0.5) is 0 Å². The molecule has 0 atom stereocenters. The van der Waals surface area contributed by atoms with Gasteiger partial charge in [-0.1, -0.05) is 6.42 Å². The Bertz CT molecular complexity index is 445. The van der Waals surface area contributed by atoms with Crippen molar-refractivity contribution in [3.8, 4) is 0 Å². The van der Waals surface area contributed by atoms with E-state index in [2.05, 4.69) is 25.4 Å². The van der Waals surface area contributed by atoms with Crippen molar-refractivity contribution in [3.63, 3.8) is 0 Å². The molecule has 27 heavy (non-hydrogen) atoms. The van der Waals surface area contributed by atoms with E-state index in [9.17, 15) is 4.79 Å². The van der Waals surface area contributed by atoms with Crippen molar-refractivity contribution in [1.29, 1.82) is 0 Å². The first-order valence-electron chi connectivity index (χ1n) is 10.4. The molecule has 156 valence electrons. The molecule has 2 rings (SSSR count). The number of carbonyl (C=O) groups excluding carboxylic acids is 1. The van der Waals surface area contributed by atoms with E-state index in [-0.39, 0.29) is 12.5 Å². The third-order valence-electron chi connectivity index (χ3n) is 5.09. The number of nitrogens with one attached hydrogen (secondary N) is 2. The molecule has 0 saturated carbocycles. The Kier molecular flexibility index (Phi) is 10.5. The zero-order valence-corrected chi connectivity index (χ0v) is 17.2. The first-order chi connectivity index (χ1) is 13.1. The number of amides is 1. The average Bonchev–Trinajstić information content (AvgIpc) is 2.70. The number of hydrogen-bond donors (Lipinski definition) is 2. The van der Waals surface area contributed by atoms with E-state index in [1.165, 1.54) is 32.4 Å². The van der Waals surface area contributed by atoms with Gasteiger partial charge in [0.1, 0.15) is 6.54 Å². The molecule has 2 saturated heterocycles. The number of rotatable bonds is 9. The molecule has 2 aliphatic rings. The lowest BCUT2D eigenvalue weighted by Crippen LogP contribution is -2.44. The van der Waals surface area contributed by atoms with Crippen LogP contribution in [0.1, 0.15) is 25.7 Å². The summed E-state index contributed by atoms with van der Waals surface area (Å²) in [5.74, 6) is 0.754. The second-order valence-corrected chi connectivity index (χ2v) is 7.52. The van der Waals surface area contributed by atoms with Crippen molar-refractivity contribution >= 4 is 11.9 Å². The van der Waals surface area contributed by atoms with Crippen LogP contribution in [0, 0.1) is 0 Å². The highest BCUT2D eigenvalue weighted by Crippen LogP contribution is 2.07. The van der Waals surface area contributed by atoms with Crippen molar-refractivity contribution in [1.82, 2.24) is 25.3 Å². The normalized spacial score (nSPS) is 19.7. The number of likely N-dealkylation sites (tertiary alicyclic amines) is 1. The molecule has 2 heterocycles. The molecule has 0 aromatic rings. The maximum Gasteiger partial charge on any atom is 0.243 e. The molecule has 0 bridgehead atoms. The summed E-state index contributed by atoms with van der Waals surface area (Å²) in [6, 6.07) is 0. The van der Waals surface area contributed by atoms with E-state index in [1.807, 2.05) is 0 Å². The largest absolute Gasteiger partial charge is 0.379 e. The van der Waals surface area contributed by atoms with Gasteiger partial charge in [-0.05, 0) is 38.9 Å². The Morgan fingerprint density at radius 3 is 2.33 bits per heavy atom. The quantitative estimate of drug-likeness (QED) is 0.327. The second-order valence-electron chi connectivity index (χ2n) is 7.52. The highest BCUT2D eigenvalue weighted by atomic mass is 16.5. The van der Waals surface area contributed by atoms with Crippen molar-refractivity contribution in [2.75, 3.05) is 86.2 Å². The zero-order valence-electron chi connectivity index (χ0n) is 17.2. The van der Waals surface area contributed by atoms with Crippen molar-refractivity contribution in [3.05, 3.63) is 0 Å².